The molecular weight excluding hydrogens is 336 g/mol. The van der Waals surface area contributed by atoms with Gasteiger partial charge < -0.3 is 5.43 Å². The molecule has 0 aliphatic rings. The molecule has 6 heteroatoms. The number of rotatable bonds is 4. The molecule has 0 bridgehead atoms. The van der Waals surface area contributed by atoms with Crippen molar-refractivity contribution in [3.05, 3.63) is 40.1 Å². The molecule has 0 spiro atoms. The lowest BCUT2D eigenvalue weighted by atomic mass is 10.2. The Morgan fingerprint density at radius 2 is 1.85 bits per heavy atom. The van der Waals surface area contributed by atoms with Gasteiger partial charge >= 0.3 is 0 Å². The third-order valence-corrected chi connectivity index (χ3v) is 4.43. The van der Waals surface area contributed by atoms with Crippen LogP contribution in [0.4, 0.5) is 5.82 Å². The van der Waals surface area contributed by atoms with Gasteiger partial charge in [-0.2, -0.15) is 0 Å². The van der Waals surface area contributed by atoms with Crippen LogP contribution in [0.5, 0.6) is 0 Å². The highest BCUT2D eigenvalue weighted by molar-refractivity contribution is 9.10. The molecule has 0 saturated heterocycles. The smallest absolute Gasteiger partial charge is 0.147 e. The zero-order valence-corrected chi connectivity index (χ0v) is 14.0. The summed E-state index contributed by atoms with van der Waals surface area (Å²) in [6.45, 7) is 6.11. The molecule has 0 aliphatic heterocycles. The summed E-state index contributed by atoms with van der Waals surface area (Å²) in [5.74, 6) is 7.28. The van der Waals surface area contributed by atoms with Gasteiger partial charge in [0.25, 0.3) is 0 Å². The van der Waals surface area contributed by atoms with Gasteiger partial charge in [-0.1, -0.05) is 41.5 Å². The lowest BCUT2D eigenvalue weighted by Crippen LogP contribution is -2.13. The number of benzene rings is 1. The predicted octanol–water partition coefficient (Wildman–Crippen LogP) is 4.11. The van der Waals surface area contributed by atoms with Gasteiger partial charge in [0.2, 0.25) is 0 Å². The van der Waals surface area contributed by atoms with Gasteiger partial charge in [0.1, 0.15) is 16.7 Å². The fourth-order valence-electron chi connectivity index (χ4n) is 1.62. The van der Waals surface area contributed by atoms with E-state index in [1.165, 1.54) is 0 Å². The summed E-state index contributed by atoms with van der Waals surface area (Å²) in [6, 6.07) is 8.15. The maximum Gasteiger partial charge on any atom is 0.147 e. The fourth-order valence-corrected chi connectivity index (χ4v) is 2.77. The van der Waals surface area contributed by atoms with Gasteiger partial charge in [0.05, 0.1) is 0 Å². The lowest BCUT2D eigenvalue weighted by molar-refractivity contribution is 0.749. The van der Waals surface area contributed by atoms with Gasteiger partial charge in [-0.25, -0.2) is 15.8 Å². The molecule has 0 saturated carbocycles. The Balaban J connectivity index is 2.39. The van der Waals surface area contributed by atoms with Crippen LogP contribution in [0.2, 0.25) is 0 Å². The zero-order valence-electron chi connectivity index (χ0n) is 11.6. The van der Waals surface area contributed by atoms with Crippen molar-refractivity contribution in [2.24, 2.45) is 5.84 Å². The first-order valence-corrected chi connectivity index (χ1v) is 7.90. The topological polar surface area (TPSA) is 63.8 Å². The number of nitrogen functional groups attached to an aromatic ring is 1. The number of anilines is 1. The molecule has 1 aromatic carbocycles. The van der Waals surface area contributed by atoms with Crippen LogP contribution in [0.1, 0.15) is 31.2 Å². The molecule has 0 atom stereocenters. The average Bonchev–Trinajstić information content (AvgIpc) is 2.43. The summed E-state index contributed by atoms with van der Waals surface area (Å²) in [5.41, 5.74) is 3.62. The molecule has 2 rings (SSSR count). The van der Waals surface area contributed by atoms with E-state index in [9.17, 15) is 0 Å². The highest BCUT2D eigenvalue weighted by Gasteiger charge is 2.13. The van der Waals surface area contributed by atoms with Crippen LogP contribution in [-0.2, 0) is 0 Å². The van der Waals surface area contributed by atoms with Gasteiger partial charge in [-0.05, 0) is 31.2 Å². The molecule has 106 valence electrons. The van der Waals surface area contributed by atoms with Crippen molar-refractivity contribution in [2.75, 3.05) is 5.43 Å². The highest BCUT2D eigenvalue weighted by Crippen LogP contribution is 2.32. The van der Waals surface area contributed by atoms with E-state index in [2.05, 4.69) is 57.3 Å². The van der Waals surface area contributed by atoms with E-state index in [4.69, 9.17) is 5.84 Å². The molecule has 0 fully saturated rings. The largest absolute Gasteiger partial charge is 0.308 e. The Morgan fingerprint density at radius 1 is 1.20 bits per heavy atom. The minimum absolute atomic E-state index is 0.256. The van der Waals surface area contributed by atoms with E-state index in [0.717, 1.165) is 25.8 Å². The number of nitrogens with one attached hydrogen (secondary N) is 1. The van der Waals surface area contributed by atoms with E-state index in [-0.39, 0.29) is 5.92 Å². The Bertz CT molecular complexity index is 599. The number of halogens is 1. The molecule has 3 N–H and O–H groups in total. The molecule has 2 aromatic rings. The summed E-state index contributed by atoms with van der Waals surface area (Å²) in [7, 11) is 0. The van der Waals surface area contributed by atoms with Crippen molar-refractivity contribution in [3.63, 3.8) is 0 Å². The fraction of sp³-hybridized carbons (Fsp3) is 0.286. The van der Waals surface area contributed by atoms with Gasteiger partial charge in [-0.15, -0.1) is 0 Å². The predicted molar refractivity (Wildman–Crippen MR) is 86.9 cm³/mol. The average molecular weight is 353 g/mol. The third-order valence-electron chi connectivity index (χ3n) is 2.80. The normalized spacial score (nSPS) is 10.9. The van der Waals surface area contributed by atoms with Crippen LogP contribution >= 0.6 is 27.7 Å². The maximum absolute atomic E-state index is 5.55. The summed E-state index contributed by atoms with van der Waals surface area (Å²) in [5, 5.41) is 0.930. The standard InChI is InChI=1S/C14H17BrN4S/c1-8(2)12-17-13(19-16)9(3)14(18-12)20-11-6-4-10(15)5-7-11/h4-8H,16H2,1-3H3,(H,17,18,19). The van der Waals surface area contributed by atoms with Crippen molar-refractivity contribution >= 4 is 33.5 Å². The number of hydrazine groups is 1. The molecule has 0 unspecified atom stereocenters. The minimum Gasteiger partial charge on any atom is -0.308 e. The Labute approximate surface area is 131 Å². The van der Waals surface area contributed by atoms with E-state index in [1.54, 1.807) is 11.8 Å². The summed E-state index contributed by atoms with van der Waals surface area (Å²) in [6.07, 6.45) is 0. The van der Waals surface area contributed by atoms with E-state index >= 15 is 0 Å². The van der Waals surface area contributed by atoms with E-state index in [0.29, 0.717) is 5.82 Å². The SMILES string of the molecule is Cc1c(NN)nc(C(C)C)nc1Sc1ccc(Br)cc1. The highest BCUT2D eigenvalue weighted by atomic mass is 79.9. The molecule has 20 heavy (non-hydrogen) atoms. The van der Waals surface area contributed by atoms with Crippen LogP contribution in [0.25, 0.3) is 0 Å². The first-order valence-electron chi connectivity index (χ1n) is 6.30. The number of hydrogen-bond acceptors (Lipinski definition) is 5. The number of nitrogens with two attached hydrogens (primary N) is 1. The van der Waals surface area contributed by atoms with Crippen LogP contribution < -0.4 is 11.3 Å². The zero-order chi connectivity index (χ0) is 14.7. The molecule has 1 aromatic heterocycles. The second-order valence-corrected chi connectivity index (χ2v) is 6.69. The Hall–Kier alpha value is -1.11. The van der Waals surface area contributed by atoms with Crippen molar-refractivity contribution in [3.8, 4) is 0 Å². The molecule has 0 radical (unpaired) electrons. The molecule has 0 aliphatic carbocycles. The van der Waals surface area contributed by atoms with E-state index in [1.807, 2.05) is 19.1 Å². The summed E-state index contributed by atoms with van der Waals surface area (Å²) in [4.78, 5) is 10.2. The lowest BCUT2D eigenvalue weighted by Gasteiger charge is -2.13. The Kier molecular flexibility index (Phi) is 5.01. The first-order chi connectivity index (χ1) is 9.51. The Morgan fingerprint density at radius 3 is 2.40 bits per heavy atom. The van der Waals surface area contributed by atoms with Gasteiger partial charge in [0.15, 0.2) is 0 Å². The van der Waals surface area contributed by atoms with Crippen molar-refractivity contribution in [1.29, 1.82) is 0 Å². The summed E-state index contributed by atoms with van der Waals surface area (Å²) < 4.78 is 1.06. The molecular formula is C14H17BrN4S. The second kappa shape index (κ2) is 6.56. The van der Waals surface area contributed by atoms with Crippen LogP contribution in [0.15, 0.2) is 38.7 Å². The number of aromatic nitrogens is 2. The van der Waals surface area contributed by atoms with Crippen molar-refractivity contribution < 1.29 is 0 Å². The van der Waals surface area contributed by atoms with E-state index < -0.39 is 0 Å². The van der Waals surface area contributed by atoms with Crippen LogP contribution in [0, 0.1) is 6.92 Å². The van der Waals surface area contributed by atoms with Gasteiger partial charge in [-0.3, -0.25) is 0 Å². The summed E-state index contributed by atoms with van der Waals surface area (Å²) >= 11 is 5.05. The molecule has 4 nitrogen and oxygen atoms in total. The molecule has 0 amide bonds. The van der Waals surface area contributed by atoms with Gasteiger partial charge in [0, 0.05) is 20.8 Å². The van der Waals surface area contributed by atoms with Crippen LogP contribution in [-0.4, -0.2) is 9.97 Å². The second-order valence-electron chi connectivity index (χ2n) is 4.72. The van der Waals surface area contributed by atoms with Crippen molar-refractivity contribution in [1.82, 2.24) is 9.97 Å². The minimum atomic E-state index is 0.256. The third kappa shape index (κ3) is 3.50. The van der Waals surface area contributed by atoms with Crippen molar-refractivity contribution in [2.45, 2.75) is 36.6 Å². The quantitative estimate of drug-likeness (QED) is 0.492. The number of nitrogens with zero attached hydrogens (tertiary/aromatic N) is 2. The first kappa shape index (κ1) is 15.3. The monoisotopic (exact) mass is 352 g/mol. The maximum atomic E-state index is 5.55. The number of hydrogen-bond donors (Lipinski definition) is 2. The van der Waals surface area contributed by atoms with Crippen LogP contribution in [0.3, 0.4) is 0 Å². The molecule has 1 heterocycles.